The smallest absolute Gasteiger partial charge is 0.185 e. The highest BCUT2D eigenvalue weighted by Gasteiger charge is 2.20. The third-order valence-electron chi connectivity index (χ3n) is 2.69. The van der Waals surface area contributed by atoms with E-state index < -0.39 is 29.0 Å². The monoisotopic (exact) mass is 286 g/mol. The number of hydrogen-bond donors (Lipinski definition) is 2. The first kappa shape index (κ1) is 14.0. The highest BCUT2D eigenvalue weighted by atomic mass is 19.2. The van der Waals surface area contributed by atoms with Crippen LogP contribution < -0.4 is 11.1 Å². The molecule has 0 aliphatic heterocycles. The highest BCUT2D eigenvalue weighted by molar-refractivity contribution is 5.64. The molecule has 0 saturated carbocycles. The number of aromatic nitrogens is 2. The number of halogens is 4. The number of nitrogens with zero attached hydrogens (tertiary/aromatic N) is 2. The SMILES string of the molecule is CCc1c(N)ncnc1Nc1c(F)c(F)cc(F)c1F. The van der Waals surface area contributed by atoms with Crippen molar-refractivity contribution in [3.05, 3.63) is 41.2 Å². The lowest BCUT2D eigenvalue weighted by Crippen LogP contribution is -2.08. The molecule has 2 rings (SSSR count). The van der Waals surface area contributed by atoms with Crippen LogP contribution in [0.15, 0.2) is 12.4 Å². The van der Waals surface area contributed by atoms with Gasteiger partial charge in [0, 0.05) is 11.6 Å². The molecule has 0 radical (unpaired) electrons. The van der Waals surface area contributed by atoms with E-state index in [9.17, 15) is 17.6 Å². The molecular weight excluding hydrogens is 276 g/mol. The van der Waals surface area contributed by atoms with Gasteiger partial charge in [-0.15, -0.1) is 0 Å². The summed E-state index contributed by atoms with van der Waals surface area (Å²) < 4.78 is 53.3. The normalized spacial score (nSPS) is 10.7. The quantitative estimate of drug-likeness (QED) is 0.672. The van der Waals surface area contributed by atoms with Gasteiger partial charge in [-0.1, -0.05) is 6.92 Å². The Kier molecular flexibility index (Phi) is 3.73. The number of nitrogen functional groups attached to an aromatic ring is 1. The number of nitrogens with one attached hydrogen (secondary N) is 1. The fraction of sp³-hybridized carbons (Fsp3) is 0.167. The summed E-state index contributed by atoms with van der Waals surface area (Å²) >= 11 is 0. The van der Waals surface area contributed by atoms with Gasteiger partial charge in [0.2, 0.25) is 0 Å². The Morgan fingerprint density at radius 3 is 2.25 bits per heavy atom. The molecule has 0 bridgehead atoms. The van der Waals surface area contributed by atoms with Crippen LogP contribution in [0.3, 0.4) is 0 Å². The molecule has 3 N–H and O–H groups in total. The number of benzene rings is 1. The lowest BCUT2D eigenvalue weighted by Gasteiger charge is -2.13. The molecule has 0 saturated heterocycles. The fourth-order valence-corrected chi connectivity index (χ4v) is 1.68. The third-order valence-corrected chi connectivity index (χ3v) is 2.69. The Hall–Kier alpha value is -2.38. The van der Waals surface area contributed by atoms with Gasteiger partial charge in [0.15, 0.2) is 23.3 Å². The van der Waals surface area contributed by atoms with Crippen molar-refractivity contribution < 1.29 is 17.6 Å². The van der Waals surface area contributed by atoms with E-state index in [2.05, 4.69) is 15.3 Å². The molecule has 106 valence electrons. The maximum Gasteiger partial charge on any atom is 0.185 e. The largest absolute Gasteiger partial charge is 0.383 e. The van der Waals surface area contributed by atoms with Crippen LogP contribution in [0.25, 0.3) is 0 Å². The molecule has 20 heavy (non-hydrogen) atoms. The zero-order valence-electron chi connectivity index (χ0n) is 10.3. The number of rotatable bonds is 3. The fourth-order valence-electron chi connectivity index (χ4n) is 1.68. The molecule has 8 heteroatoms. The zero-order valence-corrected chi connectivity index (χ0v) is 10.3. The first-order valence-corrected chi connectivity index (χ1v) is 5.65. The van der Waals surface area contributed by atoms with Gasteiger partial charge in [0.1, 0.15) is 23.7 Å². The Balaban J connectivity index is 2.53. The van der Waals surface area contributed by atoms with Gasteiger partial charge in [-0.2, -0.15) is 0 Å². The molecular formula is C12H10F4N4. The molecule has 1 aromatic carbocycles. The second-order valence-corrected chi connectivity index (χ2v) is 3.91. The maximum absolute atomic E-state index is 13.5. The molecule has 0 unspecified atom stereocenters. The van der Waals surface area contributed by atoms with Crippen LogP contribution in [0.1, 0.15) is 12.5 Å². The summed E-state index contributed by atoms with van der Waals surface area (Å²) in [5, 5.41) is 2.22. The van der Waals surface area contributed by atoms with E-state index in [1.54, 1.807) is 6.92 Å². The zero-order chi connectivity index (χ0) is 14.9. The van der Waals surface area contributed by atoms with Crippen molar-refractivity contribution >= 4 is 17.3 Å². The van der Waals surface area contributed by atoms with Crippen LogP contribution in [-0.4, -0.2) is 9.97 Å². The predicted octanol–water partition coefficient (Wildman–Crippen LogP) is 2.92. The summed E-state index contributed by atoms with van der Waals surface area (Å²) in [4.78, 5) is 7.49. The van der Waals surface area contributed by atoms with Gasteiger partial charge in [-0.05, 0) is 6.42 Å². The summed E-state index contributed by atoms with van der Waals surface area (Å²) in [5.74, 6) is -5.99. The predicted molar refractivity (Wildman–Crippen MR) is 65.4 cm³/mol. The summed E-state index contributed by atoms with van der Waals surface area (Å²) in [5.41, 5.74) is 5.02. The number of hydrogen-bond acceptors (Lipinski definition) is 4. The summed E-state index contributed by atoms with van der Waals surface area (Å²) in [6, 6.07) is 0.130. The molecule has 0 amide bonds. The van der Waals surface area contributed by atoms with Gasteiger partial charge >= 0.3 is 0 Å². The molecule has 4 nitrogen and oxygen atoms in total. The summed E-state index contributed by atoms with van der Waals surface area (Å²) in [6.07, 6.45) is 1.44. The topological polar surface area (TPSA) is 63.8 Å². The van der Waals surface area contributed by atoms with Crippen molar-refractivity contribution in [3.63, 3.8) is 0 Å². The number of anilines is 3. The Bertz CT molecular complexity index is 634. The summed E-state index contributed by atoms with van der Waals surface area (Å²) in [6.45, 7) is 1.72. The second kappa shape index (κ2) is 5.32. The lowest BCUT2D eigenvalue weighted by molar-refractivity contribution is 0.459. The molecule has 2 aromatic rings. The van der Waals surface area contributed by atoms with E-state index in [4.69, 9.17) is 5.73 Å². The lowest BCUT2D eigenvalue weighted by atomic mass is 10.2. The van der Waals surface area contributed by atoms with Crippen molar-refractivity contribution in [1.82, 2.24) is 9.97 Å². The first-order chi connectivity index (χ1) is 9.45. The van der Waals surface area contributed by atoms with Crippen LogP contribution in [-0.2, 0) is 6.42 Å². The minimum Gasteiger partial charge on any atom is -0.383 e. The van der Waals surface area contributed by atoms with Crippen LogP contribution in [0.4, 0.5) is 34.9 Å². The molecule has 0 atom stereocenters. The van der Waals surface area contributed by atoms with Gasteiger partial charge < -0.3 is 11.1 Å². The minimum atomic E-state index is -1.54. The number of nitrogens with two attached hydrogens (primary N) is 1. The van der Waals surface area contributed by atoms with Gasteiger partial charge in [-0.25, -0.2) is 27.5 Å². The van der Waals surface area contributed by atoms with Gasteiger partial charge in [0.25, 0.3) is 0 Å². The van der Waals surface area contributed by atoms with Crippen LogP contribution in [0.5, 0.6) is 0 Å². The molecule has 1 heterocycles. The van der Waals surface area contributed by atoms with Crippen LogP contribution >= 0.6 is 0 Å². The Labute approximate surface area is 111 Å². The maximum atomic E-state index is 13.5. The minimum absolute atomic E-state index is 0.0113. The van der Waals surface area contributed by atoms with E-state index >= 15 is 0 Å². The van der Waals surface area contributed by atoms with E-state index in [1.165, 1.54) is 0 Å². The first-order valence-electron chi connectivity index (χ1n) is 5.65. The van der Waals surface area contributed by atoms with Crippen molar-refractivity contribution in [1.29, 1.82) is 0 Å². The second-order valence-electron chi connectivity index (χ2n) is 3.91. The van der Waals surface area contributed by atoms with Gasteiger partial charge in [0.05, 0.1) is 0 Å². The van der Waals surface area contributed by atoms with E-state index in [0.29, 0.717) is 12.0 Å². The summed E-state index contributed by atoms with van der Waals surface area (Å²) in [7, 11) is 0. The molecule has 0 aliphatic rings. The van der Waals surface area contributed by atoms with Crippen molar-refractivity contribution in [3.8, 4) is 0 Å². The Morgan fingerprint density at radius 1 is 1.10 bits per heavy atom. The van der Waals surface area contributed by atoms with Gasteiger partial charge in [-0.3, -0.25) is 0 Å². The molecule has 1 aromatic heterocycles. The molecule has 0 spiro atoms. The van der Waals surface area contributed by atoms with Crippen LogP contribution in [0, 0.1) is 23.3 Å². The Morgan fingerprint density at radius 2 is 1.70 bits per heavy atom. The standard InChI is InChI=1S/C12H10F4N4/c1-2-5-11(17)18-4-19-12(5)20-10-8(15)6(13)3-7(14)9(10)16/h3-4H,2H2,1H3,(H3,17,18,19,20). The van der Waals surface area contributed by atoms with Crippen molar-refractivity contribution in [2.45, 2.75) is 13.3 Å². The van der Waals surface area contributed by atoms with E-state index in [1.807, 2.05) is 0 Å². The van der Waals surface area contributed by atoms with Crippen molar-refractivity contribution in [2.24, 2.45) is 0 Å². The average molecular weight is 286 g/mol. The van der Waals surface area contributed by atoms with Crippen LogP contribution in [0.2, 0.25) is 0 Å². The third kappa shape index (κ3) is 2.36. The molecule has 0 fully saturated rings. The van der Waals surface area contributed by atoms with E-state index in [0.717, 1.165) is 6.33 Å². The molecule has 0 aliphatic carbocycles. The van der Waals surface area contributed by atoms with Crippen molar-refractivity contribution in [2.75, 3.05) is 11.1 Å². The van der Waals surface area contributed by atoms with E-state index in [-0.39, 0.29) is 17.7 Å². The highest BCUT2D eigenvalue weighted by Crippen LogP contribution is 2.29. The average Bonchev–Trinajstić information content (AvgIpc) is 2.41.